The van der Waals surface area contributed by atoms with Crippen molar-refractivity contribution in [3.63, 3.8) is 0 Å². The summed E-state index contributed by atoms with van der Waals surface area (Å²) in [4.78, 5) is 48.3. The van der Waals surface area contributed by atoms with Crippen LogP contribution in [0.4, 0.5) is 0 Å². The van der Waals surface area contributed by atoms with Gasteiger partial charge in [0.15, 0.2) is 0 Å². The molecule has 0 bridgehead atoms. The molecule has 0 spiro atoms. The van der Waals surface area contributed by atoms with Gasteiger partial charge in [-0.3, -0.25) is 19.2 Å². The summed E-state index contributed by atoms with van der Waals surface area (Å²) in [5, 5.41) is 1.15. The maximum atomic E-state index is 12.1. The molecular formula is C20H22N4O4. The first-order valence-corrected chi connectivity index (χ1v) is 8.76. The van der Waals surface area contributed by atoms with Crippen LogP contribution in [0.1, 0.15) is 46.4 Å². The van der Waals surface area contributed by atoms with Crippen LogP contribution in [0.15, 0.2) is 60.7 Å². The van der Waals surface area contributed by atoms with E-state index in [1.807, 2.05) is 0 Å². The summed E-state index contributed by atoms with van der Waals surface area (Å²) in [7, 11) is 0. The predicted molar refractivity (Wildman–Crippen MR) is 102 cm³/mol. The summed E-state index contributed by atoms with van der Waals surface area (Å²) in [5.41, 5.74) is 0.624. The second-order valence-corrected chi connectivity index (χ2v) is 6.08. The van der Waals surface area contributed by atoms with Gasteiger partial charge in [0.1, 0.15) is 0 Å². The van der Waals surface area contributed by atoms with E-state index >= 15 is 0 Å². The molecule has 0 saturated heterocycles. The van der Waals surface area contributed by atoms with Crippen LogP contribution in [0.2, 0.25) is 0 Å². The minimum atomic E-state index is -0.594. The number of hydrogen-bond donors (Lipinski definition) is 2. The first-order chi connectivity index (χ1) is 13.4. The SMILES string of the molecule is NN(C(=O)CCCCC(=O)N(N)C(=O)c1ccccc1)C(=O)c1ccccc1. The Labute approximate surface area is 162 Å². The highest BCUT2D eigenvalue weighted by Gasteiger charge is 2.21. The van der Waals surface area contributed by atoms with Crippen molar-refractivity contribution in [2.75, 3.05) is 0 Å². The number of carbonyl (C=O) groups excluding carboxylic acids is 4. The molecule has 0 fully saturated rings. The molecule has 4 amide bonds. The van der Waals surface area contributed by atoms with Crippen molar-refractivity contribution in [1.82, 2.24) is 10.0 Å². The Bertz CT molecular complexity index is 768. The molecule has 2 aromatic carbocycles. The molecule has 4 N–H and O–H groups in total. The molecule has 0 aliphatic heterocycles. The van der Waals surface area contributed by atoms with Crippen molar-refractivity contribution < 1.29 is 19.2 Å². The highest BCUT2D eigenvalue weighted by atomic mass is 16.2. The number of hydrogen-bond acceptors (Lipinski definition) is 6. The van der Waals surface area contributed by atoms with Crippen molar-refractivity contribution in [3.8, 4) is 0 Å². The molecule has 28 heavy (non-hydrogen) atoms. The van der Waals surface area contributed by atoms with Crippen molar-refractivity contribution in [3.05, 3.63) is 71.8 Å². The Hall–Kier alpha value is -3.36. The summed E-state index contributed by atoms with van der Waals surface area (Å²) in [5.74, 6) is 8.88. The van der Waals surface area contributed by atoms with Crippen molar-refractivity contribution >= 4 is 23.6 Å². The Morgan fingerprint density at radius 1 is 0.607 bits per heavy atom. The van der Waals surface area contributed by atoms with E-state index in [1.54, 1.807) is 60.7 Å². The number of unbranched alkanes of at least 4 members (excludes halogenated alkanes) is 1. The lowest BCUT2D eigenvalue weighted by Crippen LogP contribution is -2.43. The molecule has 146 valence electrons. The standard InChI is InChI=1S/C20H22N4O4/c21-23(19(27)15-9-3-1-4-10-15)17(25)13-7-8-14-18(26)24(22)20(28)16-11-5-2-6-12-16/h1-6,9-12H,7-8,13-14,21-22H2. The van der Waals surface area contributed by atoms with E-state index in [9.17, 15) is 19.2 Å². The van der Waals surface area contributed by atoms with Gasteiger partial charge in [-0.25, -0.2) is 21.7 Å². The summed E-state index contributed by atoms with van der Waals surface area (Å²) < 4.78 is 0. The number of carbonyl (C=O) groups is 4. The lowest BCUT2D eigenvalue weighted by Gasteiger charge is -2.16. The summed E-state index contributed by atoms with van der Waals surface area (Å²) in [6, 6.07) is 16.4. The molecule has 0 saturated carbocycles. The van der Waals surface area contributed by atoms with E-state index in [4.69, 9.17) is 11.7 Å². The minimum absolute atomic E-state index is 0.000440. The fourth-order valence-corrected chi connectivity index (χ4v) is 2.46. The van der Waals surface area contributed by atoms with Gasteiger partial charge < -0.3 is 0 Å². The van der Waals surface area contributed by atoms with Crippen LogP contribution >= 0.6 is 0 Å². The molecule has 0 radical (unpaired) electrons. The molecule has 0 heterocycles. The van der Waals surface area contributed by atoms with Gasteiger partial charge in [0.05, 0.1) is 0 Å². The summed E-state index contributed by atoms with van der Waals surface area (Å²) in [6.07, 6.45) is 0.653. The summed E-state index contributed by atoms with van der Waals surface area (Å²) in [6.45, 7) is 0. The molecule has 2 aromatic rings. The molecule has 8 heteroatoms. The van der Waals surface area contributed by atoms with Crippen molar-refractivity contribution in [1.29, 1.82) is 0 Å². The van der Waals surface area contributed by atoms with Crippen LogP contribution < -0.4 is 11.7 Å². The number of imide groups is 2. The Balaban J connectivity index is 1.75. The van der Waals surface area contributed by atoms with Crippen molar-refractivity contribution in [2.45, 2.75) is 25.7 Å². The number of hydrazine groups is 2. The number of rotatable bonds is 7. The monoisotopic (exact) mass is 382 g/mol. The van der Waals surface area contributed by atoms with Crippen molar-refractivity contribution in [2.24, 2.45) is 11.7 Å². The zero-order chi connectivity index (χ0) is 20.5. The highest BCUT2D eigenvalue weighted by molar-refractivity contribution is 6.04. The molecule has 0 aromatic heterocycles. The summed E-state index contributed by atoms with van der Waals surface area (Å²) >= 11 is 0. The predicted octanol–water partition coefficient (Wildman–Crippen LogP) is 1.63. The molecule has 0 unspecified atom stereocenters. The molecule has 8 nitrogen and oxygen atoms in total. The topological polar surface area (TPSA) is 127 Å². The maximum Gasteiger partial charge on any atom is 0.274 e. The lowest BCUT2D eigenvalue weighted by atomic mass is 10.1. The van der Waals surface area contributed by atoms with Gasteiger partial charge in [0.25, 0.3) is 11.8 Å². The number of benzene rings is 2. The number of nitrogens with zero attached hydrogens (tertiary/aromatic N) is 2. The zero-order valence-corrected chi connectivity index (χ0v) is 15.3. The fraction of sp³-hybridized carbons (Fsp3) is 0.200. The van der Waals surface area contributed by atoms with E-state index in [0.29, 0.717) is 34.0 Å². The maximum absolute atomic E-state index is 12.1. The normalized spacial score (nSPS) is 10.2. The van der Waals surface area contributed by atoms with E-state index in [-0.39, 0.29) is 12.8 Å². The first kappa shape index (κ1) is 20.9. The van der Waals surface area contributed by atoms with Gasteiger partial charge >= 0.3 is 0 Å². The Morgan fingerprint density at radius 3 is 1.25 bits per heavy atom. The fourth-order valence-electron chi connectivity index (χ4n) is 2.46. The highest BCUT2D eigenvalue weighted by Crippen LogP contribution is 2.08. The van der Waals surface area contributed by atoms with Crippen LogP contribution in [-0.4, -0.2) is 33.6 Å². The third-order valence-electron chi connectivity index (χ3n) is 4.05. The third kappa shape index (κ3) is 5.57. The average molecular weight is 382 g/mol. The molecule has 2 rings (SSSR count). The van der Waals surface area contributed by atoms with E-state index < -0.39 is 23.6 Å². The van der Waals surface area contributed by atoms with Gasteiger partial charge in [0.2, 0.25) is 11.8 Å². The van der Waals surface area contributed by atoms with Gasteiger partial charge in [0, 0.05) is 24.0 Å². The quantitative estimate of drug-likeness (QED) is 0.324. The molecule has 0 aliphatic rings. The van der Waals surface area contributed by atoms with E-state index in [0.717, 1.165) is 0 Å². The van der Waals surface area contributed by atoms with Crippen LogP contribution in [0.5, 0.6) is 0 Å². The molecule has 0 aliphatic carbocycles. The van der Waals surface area contributed by atoms with Crippen LogP contribution in [0, 0.1) is 0 Å². The van der Waals surface area contributed by atoms with Crippen LogP contribution in [-0.2, 0) is 9.59 Å². The first-order valence-electron chi connectivity index (χ1n) is 8.76. The molecular weight excluding hydrogens is 360 g/mol. The van der Waals surface area contributed by atoms with Crippen LogP contribution in [0.3, 0.4) is 0 Å². The minimum Gasteiger partial charge on any atom is -0.273 e. The van der Waals surface area contributed by atoms with Crippen LogP contribution in [0.25, 0.3) is 0 Å². The Morgan fingerprint density at radius 2 is 0.929 bits per heavy atom. The largest absolute Gasteiger partial charge is 0.274 e. The van der Waals surface area contributed by atoms with Gasteiger partial charge in [-0.15, -0.1) is 0 Å². The van der Waals surface area contributed by atoms with E-state index in [1.165, 1.54) is 0 Å². The van der Waals surface area contributed by atoms with Gasteiger partial charge in [-0.2, -0.15) is 0 Å². The number of nitrogens with two attached hydrogens (primary N) is 2. The van der Waals surface area contributed by atoms with Gasteiger partial charge in [-0.1, -0.05) is 36.4 Å². The second-order valence-electron chi connectivity index (χ2n) is 6.08. The second kappa shape index (κ2) is 10.1. The van der Waals surface area contributed by atoms with E-state index in [2.05, 4.69) is 0 Å². The average Bonchev–Trinajstić information content (AvgIpc) is 2.75. The molecule has 0 atom stereocenters. The number of amides is 4. The van der Waals surface area contributed by atoms with Gasteiger partial charge in [-0.05, 0) is 37.1 Å². The third-order valence-corrected chi connectivity index (χ3v) is 4.05. The Kier molecular flexibility index (Phi) is 7.55. The lowest BCUT2D eigenvalue weighted by molar-refractivity contribution is -0.131. The zero-order valence-electron chi connectivity index (χ0n) is 15.3. The smallest absolute Gasteiger partial charge is 0.273 e.